The molecule has 7 heteroatoms. The van der Waals surface area contributed by atoms with E-state index in [0.717, 1.165) is 43.8 Å². The summed E-state index contributed by atoms with van der Waals surface area (Å²) >= 11 is 0. The molecule has 1 fully saturated rings. The van der Waals surface area contributed by atoms with Gasteiger partial charge in [0.05, 0.1) is 12.9 Å². The number of fused-ring (bicyclic) bond motifs is 1. The number of rotatable bonds is 5. The van der Waals surface area contributed by atoms with E-state index in [1.165, 1.54) is 6.07 Å². The maximum atomic E-state index is 14.0. The van der Waals surface area contributed by atoms with Gasteiger partial charge in [0, 0.05) is 51.2 Å². The van der Waals surface area contributed by atoms with Crippen LogP contribution in [0.5, 0.6) is 0 Å². The number of hydrogen-bond donors (Lipinski definition) is 1. The van der Waals surface area contributed by atoms with Gasteiger partial charge in [-0.3, -0.25) is 4.99 Å². The molecule has 0 radical (unpaired) electrons. The average molecular weight is 389 g/mol. The predicted octanol–water partition coefficient (Wildman–Crippen LogP) is 3.14. The standard InChI is InChI=1S/C21H25F2N3O2/c22-17-10-16-13-26(7-4-19(16)20(23)11-17)21(25-12-15-5-9-27-14-15)24-6-3-18-2-1-8-28-18/h1-2,8,10-11,15H,3-7,9,12-14H2,(H,24,25). The number of guanidine groups is 1. The van der Waals surface area contributed by atoms with Crippen LogP contribution >= 0.6 is 0 Å². The molecule has 1 N–H and O–H groups in total. The van der Waals surface area contributed by atoms with Crippen molar-refractivity contribution >= 4 is 5.96 Å². The van der Waals surface area contributed by atoms with Crippen molar-refractivity contribution < 1.29 is 17.9 Å². The molecule has 1 aromatic carbocycles. The molecular weight excluding hydrogens is 364 g/mol. The van der Waals surface area contributed by atoms with Gasteiger partial charge in [0.2, 0.25) is 0 Å². The highest BCUT2D eigenvalue weighted by molar-refractivity contribution is 5.80. The summed E-state index contributed by atoms with van der Waals surface area (Å²) in [7, 11) is 0. The number of nitrogens with zero attached hydrogens (tertiary/aromatic N) is 2. The van der Waals surface area contributed by atoms with Gasteiger partial charge in [-0.25, -0.2) is 8.78 Å². The third kappa shape index (κ3) is 4.52. The molecule has 1 aromatic heterocycles. The Morgan fingerprint density at radius 1 is 1.32 bits per heavy atom. The lowest BCUT2D eigenvalue weighted by Gasteiger charge is -2.32. The van der Waals surface area contributed by atoms with Crippen LogP contribution in [0.2, 0.25) is 0 Å². The summed E-state index contributed by atoms with van der Waals surface area (Å²) in [4.78, 5) is 6.87. The zero-order valence-corrected chi connectivity index (χ0v) is 15.8. The molecule has 28 heavy (non-hydrogen) atoms. The molecule has 0 bridgehead atoms. The third-order valence-electron chi connectivity index (χ3n) is 5.30. The zero-order chi connectivity index (χ0) is 19.3. The number of aliphatic imine (C=N–C) groups is 1. The Morgan fingerprint density at radius 3 is 3.04 bits per heavy atom. The van der Waals surface area contributed by atoms with Gasteiger partial charge in [-0.15, -0.1) is 0 Å². The summed E-state index contributed by atoms with van der Waals surface area (Å²) in [5.41, 5.74) is 1.30. The lowest BCUT2D eigenvalue weighted by Crippen LogP contribution is -2.45. The zero-order valence-electron chi connectivity index (χ0n) is 15.8. The lowest BCUT2D eigenvalue weighted by atomic mass is 9.99. The van der Waals surface area contributed by atoms with Gasteiger partial charge in [-0.1, -0.05) is 0 Å². The van der Waals surface area contributed by atoms with Crippen LogP contribution in [0.3, 0.4) is 0 Å². The summed E-state index contributed by atoms with van der Waals surface area (Å²) < 4.78 is 38.5. The number of ether oxygens (including phenoxy) is 1. The fourth-order valence-corrected chi connectivity index (χ4v) is 3.75. The van der Waals surface area contributed by atoms with E-state index in [-0.39, 0.29) is 0 Å². The van der Waals surface area contributed by atoms with Gasteiger partial charge < -0.3 is 19.4 Å². The Kier molecular flexibility index (Phi) is 5.90. The minimum absolute atomic E-state index is 0.425. The number of hydrogen-bond acceptors (Lipinski definition) is 3. The van der Waals surface area contributed by atoms with Crippen molar-refractivity contribution in [1.82, 2.24) is 10.2 Å². The molecule has 2 aliphatic heterocycles. The van der Waals surface area contributed by atoms with Crippen molar-refractivity contribution in [3.63, 3.8) is 0 Å². The third-order valence-corrected chi connectivity index (χ3v) is 5.30. The molecular formula is C21H25F2N3O2. The second-order valence-electron chi connectivity index (χ2n) is 7.35. The summed E-state index contributed by atoms with van der Waals surface area (Å²) in [5, 5.41) is 3.40. The van der Waals surface area contributed by atoms with E-state index in [1.807, 2.05) is 12.1 Å². The van der Waals surface area contributed by atoms with Crippen LogP contribution in [0.25, 0.3) is 0 Å². The van der Waals surface area contributed by atoms with Crippen molar-refractivity contribution in [3.8, 4) is 0 Å². The van der Waals surface area contributed by atoms with E-state index >= 15 is 0 Å². The van der Waals surface area contributed by atoms with Gasteiger partial charge in [0.25, 0.3) is 0 Å². The van der Waals surface area contributed by atoms with E-state index in [2.05, 4.69) is 10.2 Å². The number of benzene rings is 1. The molecule has 1 atom stereocenters. The first-order valence-electron chi connectivity index (χ1n) is 9.79. The van der Waals surface area contributed by atoms with Crippen molar-refractivity contribution in [1.29, 1.82) is 0 Å². The van der Waals surface area contributed by atoms with Crippen molar-refractivity contribution in [3.05, 3.63) is 59.1 Å². The summed E-state index contributed by atoms with van der Waals surface area (Å²) in [6.07, 6.45) is 3.95. The molecule has 0 amide bonds. The van der Waals surface area contributed by atoms with Gasteiger partial charge in [0.1, 0.15) is 17.4 Å². The Labute approximate surface area is 163 Å². The van der Waals surface area contributed by atoms with E-state index in [1.54, 1.807) is 6.26 Å². The molecule has 150 valence electrons. The van der Waals surface area contributed by atoms with Gasteiger partial charge in [-0.05, 0) is 42.2 Å². The molecule has 1 unspecified atom stereocenters. The van der Waals surface area contributed by atoms with E-state index in [0.29, 0.717) is 49.6 Å². The number of halogens is 2. The Balaban J connectivity index is 1.46. The van der Waals surface area contributed by atoms with E-state index in [9.17, 15) is 8.78 Å². The van der Waals surface area contributed by atoms with Crippen LogP contribution in [-0.2, 0) is 24.1 Å². The monoisotopic (exact) mass is 389 g/mol. The Bertz CT molecular complexity index is 817. The molecule has 0 spiro atoms. The van der Waals surface area contributed by atoms with Crippen LogP contribution in [-0.4, -0.2) is 43.7 Å². The van der Waals surface area contributed by atoms with Crippen LogP contribution in [0.1, 0.15) is 23.3 Å². The van der Waals surface area contributed by atoms with Crippen LogP contribution in [0, 0.1) is 17.6 Å². The van der Waals surface area contributed by atoms with Crippen molar-refractivity contribution in [2.24, 2.45) is 10.9 Å². The molecule has 2 aromatic rings. The first-order chi connectivity index (χ1) is 13.7. The first-order valence-corrected chi connectivity index (χ1v) is 9.79. The molecule has 0 aliphatic carbocycles. The van der Waals surface area contributed by atoms with Gasteiger partial charge in [-0.2, -0.15) is 0 Å². The van der Waals surface area contributed by atoms with Crippen LogP contribution < -0.4 is 5.32 Å². The predicted molar refractivity (Wildman–Crippen MR) is 102 cm³/mol. The average Bonchev–Trinajstić information content (AvgIpc) is 3.38. The smallest absolute Gasteiger partial charge is 0.194 e. The lowest BCUT2D eigenvalue weighted by molar-refractivity contribution is 0.187. The molecule has 3 heterocycles. The fraction of sp³-hybridized carbons (Fsp3) is 0.476. The molecule has 0 saturated carbocycles. The van der Waals surface area contributed by atoms with Crippen LogP contribution in [0.4, 0.5) is 8.78 Å². The van der Waals surface area contributed by atoms with Crippen LogP contribution in [0.15, 0.2) is 39.9 Å². The summed E-state index contributed by atoms with van der Waals surface area (Å²) in [5.74, 6) is 1.11. The quantitative estimate of drug-likeness (QED) is 0.631. The second kappa shape index (κ2) is 8.73. The number of nitrogens with one attached hydrogen (secondary N) is 1. The summed E-state index contributed by atoms with van der Waals surface area (Å²) in [6.45, 7) is 3.97. The highest BCUT2D eigenvalue weighted by Crippen LogP contribution is 2.23. The van der Waals surface area contributed by atoms with E-state index in [4.69, 9.17) is 14.1 Å². The fourth-order valence-electron chi connectivity index (χ4n) is 3.75. The second-order valence-corrected chi connectivity index (χ2v) is 7.35. The minimum atomic E-state index is -0.537. The number of furan rings is 1. The molecule has 1 saturated heterocycles. The van der Waals surface area contributed by atoms with Crippen molar-refractivity contribution in [2.45, 2.75) is 25.8 Å². The first kappa shape index (κ1) is 18.9. The largest absolute Gasteiger partial charge is 0.469 e. The highest BCUT2D eigenvalue weighted by Gasteiger charge is 2.23. The maximum Gasteiger partial charge on any atom is 0.194 e. The SMILES string of the molecule is Fc1cc(F)c2c(c1)CN(C(=NCC1CCOC1)NCCc1ccco1)CC2. The molecule has 2 aliphatic rings. The molecule has 4 rings (SSSR count). The Hall–Kier alpha value is -2.41. The van der Waals surface area contributed by atoms with Crippen molar-refractivity contribution in [2.75, 3.05) is 32.8 Å². The summed E-state index contributed by atoms with van der Waals surface area (Å²) in [6, 6.07) is 6.20. The highest BCUT2D eigenvalue weighted by atomic mass is 19.1. The maximum absolute atomic E-state index is 14.0. The van der Waals surface area contributed by atoms with Gasteiger partial charge >= 0.3 is 0 Å². The topological polar surface area (TPSA) is 50.0 Å². The Morgan fingerprint density at radius 2 is 2.25 bits per heavy atom. The van der Waals surface area contributed by atoms with E-state index < -0.39 is 11.6 Å². The normalized spacial score (nSPS) is 19.7. The van der Waals surface area contributed by atoms with Gasteiger partial charge in [0.15, 0.2) is 5.96 Å². The molecule has 5 nitrogen and oxygen atoms in total. The minimum Gasteiger partial charge on any atom is -0.469 e.